The van der Waals surface area contributed by atoms with Gasteiger partial charge in [-0.25, -0.2) is 0 Å². The summed E-state index contributed by atoms with van der Waals surface area (Å²) in [5.41, 5.74) is 0.0590. The summed E-state index contributed by atoms with van der Waals surface area (Å²) >= 11 is 0. The highest BCUT2D eigenvalue weighted by atomic mass is 16.1. The Hall–Kier alpha value is -0.590. The average Bonchev–Trinajstić information content (AvgIpc) is 1.64. The predicted octanol–water partition coefficient (Wildman–Crippen LogP) is 2.09. The molecule has 0 aromatic rings. The Kier molecular flexibility index (Phi) is 3.21. The van der Waals surface area contributed by atoms with Crippen molar-refractivity contribution in [1.82, 2.24) is 0 Å². The summed E-state index contributed by atoms with van der Waals surface area (Å²) in [7, 11) is 0. The molecule has 0 aliphatic heterocycles. The van der Waals surface area contributed by atoms with Crippen LogP contribution in [0.3, 0.4) is 0 Å². The Morgan fingerprint density at radius 3 is 2.56 bits per heavy atom. The maximum Gasteiger partial charge on any atom is 0.198 e. The molecule has 0 aromatic heterocycles. The van der Waals surface area contributed by atoms with Crippen molar-refractivity contribution in [2.75, 3.05) is 0 Å². The Balaban J connectivity index is 3.68. The molecule has 0 aliphatic carbocycles. The molecule has 9 heavy (non-hydrogen) atoms. The van der Waals surface area contributed by atoms with Crippen molar-refractivity contribution in [2.45, 2.75) is 26.7 Å². The number of rotatable bonds is 4. The first kappa shape index (κ1) is 8.41. The van der Waals surface area contributed by atoms with E-state index in [1.165, 1.54) is 0 Å². The first-order valence-corrected chi connectivity index (χ1v) is 3.08. The van der Waals surface area contributed by atoms with E-state index < -0.39 is 0 Å². The van der Waals surface area contributed by atoms with Gasteiger partial charge in [-0.05, 0) is 11.8 Å². The van der Waals surface area contributed by atoms with E-state index in [4.69, 9.17) is 0 Å². The number of carbonyl (C=O) groups excluding carboxylic acids is 1. The molecule has 0 heterocycles. The molecule has 0 rings (SSSR count). The van der Waals surface area contributed by atoms with Crippen LogP contribution < -0.4 is 0 Å². The third-order valence-electron chi connectivity index (χ3n) is 1.25. The van der Waals surface area contributed by atoms with Gasteiger partial charge in [-0.1, -0.05) is 19.9 Å². The lowest BCUT2D eigenvalue weighted by Crippen LogP contribution is -2.09. The fraction of sp³-hybridized carbons (Fsp3) is 0.625. The molecule has 51 valence electrons. The minimum atomic E-state index is 0.0590. The highest BCUT2D eigenvalue weighted by Gasteiger charge is 2.14. The second kappa shape index (κ2) is 3.44. The predicted molar refractivity (Wildman–Crippen MR) is 38.9 cm³/mol. The molecule has 0 atom stereocenters. The largest absolute Gasteiger partial charge is 0.291 e. The summed E-state index contributed by atoms with van der Waals surface area (Å²) in [5.74, 6) is 0. The molecule has 0 fully saturated rings. The van der Waals surface area contributed by atoms with E-state index in [9.17, 15) is 4.79 Å². The van der Waals surface area contributed by atoms with E-state index in [1.807, 2.05) is 26.2 Å². The third kappa shape index (κ3) is 3.95. The second-order valence-electron chi connectivity index (χ2n) is 2.98. The van der Waals surface area contributed by atoms with Gasteiger partial charge in [-0.2, -0.15) is 0 Å². The fourth-order valence-corrected chi connectivity index (χ4v) is 0.658. The summed E-state index contributed by atoms with van der Waals surface area (Å²) < 4.78 is 0. The quantitative estimate of drug-likeness (QED) is 0.526. The normalized spacial score (nSPS) is 10.9. The summed E-state index contributed by atoms with van der Waals surface area (Å²) in [6.45, 7) is 7.65. The van der Waals surface area contributed by atoms with E-state index in [-0.39, 0.29) is 5.41 Å². The van der Waals surface area contributed by atoms with Gasteiger partial charge >= 0.3 is 0 Å². The van der Waals surface area contributed by atoms with Crippen LogP contribution >= 0.6 is 0 Å². The minimum absolute atomic E-state index is 0.0590. The summed E-state index contributed by atoms with van der Waals surface area (Å²) in [4.78, 5) is 9.94. The van der Waals surface area contributed by atoms with Crippen molar-refractivity contribution in [3.8, 4) is 0 Å². The van der Waals surface area contributed by atoms with Crippen LogP contribution in [0, 0.1) is 5.41 Å². The van der Waals surface area contributed by atoms with Gasteiger partial charge in [0.15, 0.2) is 6.29 Å². The van der Waals surface area contributed by atoms with Gasteiger partial charge in [0.1, 0.15) is 0 Å². The van der Waals surface area contributed by atoms with Gasteiger partial charge in [0, 0.05) is 6.42 Å². The van der Waals surface area contributed by atoms with Crippen molar-refractivity contribution < 1.29 is 4.79 Å². The third-order valence-corrected chi connectivity index (χ3v) is 1.25. The van der Waals surface area contributed by atoms with Gasteiger partial charge in [-0.3, -0.25) is 4.79 Å². The standard InChI is InChI=1S/C8H13O/c1-4-5-8(2,3)6-7-9/h4H,1,5-6H2,2-3H3. The molecule has 0 saturated carbocycles. The summed E-state index contributed by atoms with van der Waals surface area (Å²) in [5, 5.41) is 0. The first-order valence-electron chi connectivity index (χ1n) is 3.08. The van der Waals surface area contributed by atoms with Crippen LogP contribution in [-0.2, 0) is 4.79 Å². The van der Waals surface area contributed by atoms with E-state index >= 15 is 0 Å². The molecule has 0 saturated heterocycles. The SMILES string of the molecule is C=CCC(C)(C)C[C]=O. The molecule has 0 spiro atoms. The highest BCUT2D eigenvalue weighted by molar-refractivity contribution is 5.51. The van der Waals surface area contributed by atoms with Crippen LogP contribution in [0.4, 0.5) is 0 Å². The minimum Gasteiger partial charge on any atom is -0.291 e. The second-order valence-corrected chi connectivity index (χ2v) is 2.98. The zero-order valence-corrected chi connectivity index (χ0v) is 6.11. The Morgan fingerprint density at radius 1 is 1.67 bits per heavy atom. The summed E-state index contributed by atoms with van der Waals surface area (Å²) in [6.07, 6.45) is 5.10. The Labute approximate surface area is 56.8 Å². The lowest BCUT2D eigenvalue weighted by molar-refractivity contribution is 0.378. The van der Waals surface area contributed by atoms with Crippen LogP contribution in [0.5, 0.6) is 0 Å². The molecule has 0 bridgehead atoms. The molecule has 0 aromatic carbocycles. The topological polar surface area (TPSA) is 17.1 Å². The van der Waals surface area contributed by atoms with Crippen molar-refractivity contribution in [3.63, 3.8) is 0 Å². The highest BCUT2D eigenvalue weighted by Crippen LogP contribution is 2.23. The van der Waals surface area contributed by atoms with Crippen LogP contribution in [0.25, 0.3) is 0 Å². The van der Waals surface area contributed by atoms with Crippen LogP contribution in [0.2, 0.25) is 0 Å². The fourth-order valence-electron chi connectivity index (χ4n) is 0.658. The molecular formula is C8H13O. The van der Waals surface area contributed by atoms with Gasteiger partial charge < -0.3 is 0 Å². The van der Waals surface area contributed by atoms with Crippen LogP contribution in [0.15, 0.2) is 12.7 Å². The van der Waals surface area contributed by atoms with Crippen molar-refractivity contribution >= 4 is 6.29 Å². The first-order chi connectivity index (χ1) is 4.12. The maximum atomic E-state index is 9.94. The number of hydrogen-bond acceptors (Lipinski definition) is 1. The Bertz CT molecular complexity index is 91.1. The van der Waals surface area contributed by atoms with E-state index in [1.54, 1.807) is 0 Å². The zero-order chi connectivity index (χ0) is 7.33. The van der Waals surface area contributed by atoms with Gasteiger partial charge in [0.25, 0.3) is 0 Å². The molecule has 0 amide bonds. The van der Waals surface area contributed by atoms with E-state index in [0.717, 1.165) is 6.42 Å². The number of hydrogen-bond donors (Lipinski definition) is 0. The van der Waals surface area contributed by atoms with Crippen molar-refractivity contribution in [1.29, 1.82) is 0 Å². The van der Waals surface area contributed by atoms with Crippen molar-refractivity contribution in [3.05, 3.63) is 12.7 Å². The van der Waals surface area contributed by atoms with Crippen LogP contribution in [-0.4, -0.2) is 6.29 Å². The van der Waals surface area contributed by atoms with Gasteiger partial charge in [0.05, 0.1) is 0 Å². The van der Waals surface area contributed by atoms with E-state index in [0.29, 0.717) is 6.42 Å². The molecule has 1 nitrogen and oxygen atoms in total. The maximum absolute atomic E-state index is 9.94. The molecular weight excluding hydrogens is 112 g/mol. The van der Waals surface area contributed by atoms with Crippen molar-refractivity contribution in [2.24, 2.45) is 5.41 Å². The molecule has 1 radical (unpaired) electrons. The molecule has 1 heteroatoms. The smallest absolute Gasteiger partial charge is 0.198 e. The number of allylic oxidation sites excluding steroid dienone is 1. The Morgan fingerprint density at radius 2 is 2.22 bits per heavy atom. The lowest BCUT2D eigenvalue weighted by atomic mass is 9.86. The average molecular weight is 125 g/mol. The molecule has 0 aliphatic rings. The van der Waals surface area contributed by atoms with E-state index in [2.05, 4.69) is 6.58 Å². The zero-order valence-electron chi connectivity index (χ0n) is 6.11. The van der Waals surface area contributed by atoms with Crippen LogP contribution in [0.1, 0.15) is 26.7 Å². The van der Waals surface area contributed by atoms with Gasteiger partial charge in [-0.15, -0.1) is 6.58 Å². The molecule has 0 unspecified atom stereocenters. The van der Waals surface area contributed by atoms with Gasteiger partial charge in [0.2, 0.25) is 0 Å². The lowest BCUT2D eigenvalue weighted by Gasteiger charge is -2.17. The summed E-state index contributed by atoms with van der Waals surface area (Å²) in [6, 6.07) is 0. The monoisotopic (exact) mass is 125 g/mol. The molecule has 0 N–H and O–H groups in total.